The average Bonchev–Trinajstić information content (AvgIpc) is 3.05. The number of ether oxygens (including phenoxy) is 1. The predicted octanol–water partition coefficient (Wildman–Crippen LogP) is 5.91. The highest BCUT2D eigenvalue weighted by Crippen LogP contribution is 2.44. The number of thioether (sulfide) groups is 1. The summed E-state index contributed by atoms with van der Waals surface area (Å²) in [6, 6.07) is 25.0. The van der Waals surface area contributed by atoms with Crippen molar-refractivity contribution in [3.8, 4) is 11.5 Å². The maximum atomic E-state index is 12.4. The largest absolute Gasteiger partial charge is 0.457 e. The van der Waals surface area contributed by atoms with Crippen LogP contribution in [0.25, 0.3) is 0 Å². The molecule has 1 heterocycles. The van der Waals surface area contributed by atoms with E-state index in [-0.39, 0.29) is 11.3 Å². The van der Waals surface area contributed by atoms with Crippen LogP contribution >= 0.6 is 23.4 Å². The highest BCUT2D eigenvalue weighted by atomic mass is 35.5. The molecule has 130 valence electrons. The number of para-hydroxylation sites is 2. The normalized spacial score (nSPS) is 16.7. The molecule has 1 amide bonds. The van der Waals surface area contributed by atoms with Crippen LogP contribution in [0, 0.1) is 0 Å². The third-order valence-electron chi connectivity index (χ3n) is 4.12. The van der Waals surface area contributed by atoms with Gasteiger partial charge in [0, 0.05) is 0 Å². The smallest absolute Gasteiger partial charge is 0.238 e. The number of halogens is 1. The minimum absolute atomic E-state index is 0.0673. The summed E-state index contributed by atoms with van der Waals surface area (Å²) in [6.45, 7) is 0. The lowest BCUT2D eigenvalue weighted by Crippen LogP contribution is -2.28. The van der Waals surface area contributed by atoms with Gasteiger partial charge in [0.2, 0.25) is 5.91 Å². The van der Waals surface area contributed by atoms with Crippen molar-refractivity contribution in [2.24, 2.45) is 0 Å². The van der Waals surface area contributed by atoms with Crippen LogP contribution in [0.1, 0.15) is 10.9 Å². The molecule has 0 spiro atoms. The minimum atomic E-state index is -0.0897. The van der Waals surface area contributed by atoms with Crippen LogP contribution in [0.3, 0.4) is 0 Å². The van der Waals surface area contributed by atoms with Crippen molar-refractivity contribution in [2.75, 3.05) is 10.7 Å². The molecular formula is C21H16ClNO2S. The lowest BCUT2D eigenvalue weighted by molar-refractivity contribution is -0.115. The van der Waals surface area contributed by atoms with Gasteiger partial charge >= 0.3 is 0 Å². The van der Waals surface area contributed by atoms with Gasteiger partial charge in [-0.1, -0.05) is 54.1 Å². The molecule has 0 bridgehead atoms. The summed E-state index contributed by atoms with van der Waals surface area (Å²) in [4.78, 5) is 14.2. The Morgan fingerprint density at radius 3 is 2.27 bits per heavy atom. The number of carbonyl (C=O) groups excluding carboxylic acids is 1. The van der Waals surface area contributed by atoms with Gasteiger partial charge in [0.05, 0.1) is 16.5 Å². The van der Waals surface area contributed by atoms with Gasteiger partial charge in [-0.25, -0.2) is 0 Å². The number of carbonyl (C=O) groups is 1. The number of anilines is 1. The Bertz CT molecular complexity index is 915. The number of nitrogens with zero attached hydrogens (tertiary/aromatic N) is 1. The van der Waals surface area contributed by atoms with Crippen LogP contribution in [-0.2, 0) is 4.79 Å². The first kappa shape index (κ1) is 17.0. The summed E-state index contributed by atoms with van der Waals surface area (Å²) in [7, 11) is 0. The molecule has 26 heavy (non-hydrogen) atoms. The molecule has 1 aliphatic heterocycles. The Hall–Kier alpha value is -2.43. The monoisotopic (exact) mass is 381 g/mol. The molecule has 0 aliphatic carbocycles. The first-order chi connectivity index (χ1) is 12.7. The molecule has 3 nitrogen and oxygen atoms in total. The fourth-order valence-corrected chi connectivity index (χ4v) is 4.30. The van der Waals surface area contributed by atoms with E-state index in [1.165, 1.54) is 0 Å². The van der Waals surface area contributed by atoms with Crippen molar-refractivity contribution in [1.82, 2.24) is 0 Å². The summed E-state index contributed by atoms with van der Waals surface area (Å²) in [5.74, 6) is 2.07. The molecule has 1 saturated heterocycles. The standard InChI is InChI=1S/C21H16ClNO2S/c22-18-8-4-5-9-19(18)23-20(24)14-26-21(23)15-10-12-17(13-11-15)25-16-6-2-1-3-7-16/h1-13,21H,14H2. The highest BCUT2D eigenvalue weighted by Gasteiger charge is 2.34. The van der Waals surface area contributed by atoms with Gasteiger partial charge in [-0.2, -0.15) is 0 Å². The molecule has 0 saturated carbocycles. The Balaban J connectivity index is 1.58. The van der Waals surface area contributed by atoms with E-state index in [0.29, 0.717) is 10.8 Å². The van der Waals surface area contributed by atoms with Crippen LogP contribution in [0.15, 0.2) is 78.9 Å². The molecule has 5 heteroatoms. The average molecular weight is 382 g/mol. The van der Waals surface area contributed by atoms with E-state index in [1.54, 1.807) is 22.7 Å². The molecule has 3 aromatic carbocycles. The van der Waals surface area contributed by atoms with Crippen LogP contribution in [0.2, 0.25) is 5.02 Å². The summed E-state index contributed by atoms with van der Waals surface area (Å²) in [6.07, 6.45) is 0. The molecule has 3 aromatic rings. The zero-order chi connectivity index (χ0) is 17.9. The van der Waals surface area contributed by atoms with E-state index in [9.17, 15) is 4.79 Å². The molecule has 1 aliphatic rings. The topological polar surface area (TPSA) is 29.5 Å². The lowest BCUT2D eigenvalue weighted by Gasteiger charge is -2.25. The van der Waals surface area contributed by atoms with Crippen LogP contribution in [0.5, 0.6) is 11.5 Å². The highest BCUT2D eigenvalue weighted by molar-refractivity contribution is 8.00. The second kappa shape index (κ2) is 7.44. The summed E-state index contributed by atoms with van der Waals surface area (Å²) >= 11 is 7.92. The van der Waals surface area contributed by atoms with Crippen molar-refractivity contribution in [1.29, 1.82) is 0 Å². The molecule has 0 radical (unpaired) electrons. The molecule has 1 atom stereocenters. The molecule has 0 aromatic heterocycles. The van der Waals surface area contributed by atoms with Gasteiger partial charge in [0.25, 0.3) is 0 Å². The van der Waals surface area contributed by atoms with Gasteiger partial charge in [-0.15, -0.1) is 11.8 Å². The maximum absolute atomic E-state index is 12.4. The van der Waals surface area contributed by atoms with Crippen molar-refractivity contribution >= 4 is 35.0 Å². The Morgan fingerprint density at radius 2 is 1.54 bits per heavy atom. The van der Waals surface area contributed by atoms with Gasteiger partial charge in [0.1, 0.15) is 16.9 Å². The molecule has 1 unspecified atom stereocenters. The Morgan fingerprint density at radius 1 is 0.885 bits per heavy atom. The number of benzene rings is 3. The zero-order valence-electron chi connectivity index (χ0n) is 13.8. The Labute approximate surface area is 161 Å². The molecule has 4 rings (SSSR count). The van der Waals surface area contributed by atoms with Crippen LogP contribution < -0.4 is 9.64 Å². The van der Waals surface area contributed by atoms with E-state index >= 15 is 0 Å². The zero-order valence-corrected chi connectivity index (χ0v) is 15.4. The number of rotatable bonds is 4. The summed E-state index contributed by atoms with van der Waals surface area (Å²) in [5, 5.41) is 0.491. The number of hydrogen-bond acceptors (Lipinski definition) is 3. The third-order valence-corrected chi connectivity index (χ3v) is 5.66. The first-order valence-electron chi connectivity index (χ1n) is 8.23. The van der Waals surface area contributed by atoms with Crippen LogP contribution in [-0.4, -0.2) is 11.7 Å². The summed E-state index contributed by atoms with van der Waals surface area (Å²) in [5.41, 5.74) is 1.79. The van der Waals surface area contributed by atoms with Gasteiger partial charge < -0.3 is 4.74 Å². The SMILES string of the molecule is O=C1CSC(c2ccc(Oc3ccccc3)cc2)N1c1ccccc1Cl. The second-order valence-electron chi connectivity index (χ2n) is 5.86. The van der Waals surface area contributed by atoms with Gasteiger partial charge in [-0.3, -0.25) is 9.69 Å². The minimum Gasteiger partial charge on any atom is -0.457 e. The van der Waals surface area contributed by atoms with E-state index in [2.05, 4.69) is 0 Å². The maximum Gasteiger partial charge on any atom is 0.238 e. The number of amides is 1. The van der Waals surface area contributed by atoms with Crippen LogP contribution in [0.4, 0.5) is 5.69 Å². The van der Waals surface area contributed by atoms with Gasteiger partial charge in [0.15, 0.2) is 0 Å². The third kappa shape index (κ3) is 3.43. The Kier molecular flexibility index (Phi) is 4.87. The van der Waals surface area contributed by atoms with E-state index in [4.69, 9.17) is 16.3 Å². The molecule has 0 N–H and O–H groups in total. The predicted molar refractivity (Wildman–Crippen MR) is 107 cm³/mol. The summed E-state index contributed by atoms with van der Waals surface area (Å²) < 4.78 is 5.84. The van der Waals surface area contributed by atoms with E-state index in [1.807, 2.05) is 72.8 Å². The lowest BCUT2D eigenvalue weighted by atomic mass is 10.1. The molecular weight excluding hydrogens is 366 g/mol. The van der Waals surface area contributed by atoms with Crippen molar-refractivity contribution in [2.45, 2.75) is 5.37 Å². The number of hydrogen-bond donors (Lipinski definition) is 0. The van der Waals surface area contributed by atoms with E-state index in [0.717, 1.165) is 22.7 Å². The van der Waals surface area contributed by atoms with Crippen molar-refractivity contribution < 1.29 is 9.53 Å². The van der Waals surface area contributed by atoms with Gasteiger partial charge in [-0.05, 0) is 42.0 Å². The van der Waals surface area contributed by atoms with Crippen molar-refractivity contribution in [3.05, 3.63) is 89.4 Å². The fraction of sp³-hybridized carbons (Fsp3) is 0.0952. The molecule has 1 fully saturated rings. The quantitative estimate of drug-likeness (QED) is 0.562. The fourth-order valence-electron chi connectivity index (χ4n) is 2.90. The first-order valence-corrected chi connectivity index (χ1v) is 9.66. The van der Waals surface area contributed by atoms with E-state index < -0.39 is 0 Å². The second-order valence-corrected chi connectivity index (χ2v) is 7.34. The van der Waals surface area contributed by atoms with Crippen molar-refractivity contribution in [3.63, 3.8) is 0 Å².